The Hall–Kier alpha value is -7.63. The summed E-state index contributed by atoms with van der Waals surface area (Å²) in [7, 11) is 0. The van der Waals surface area contributed by atoms with E-state index in [1.54, 1.807) is 0 Å². The fraction of sp³-hybridized carbons (Fsp3) is 0. The Bertz CT molecular complexity index is 3200. The Labute approximate surface area is 322 Å². The van der Waals surface area contributed by atoms with Crippen LogP contribution in [0.2, 0.25) is 0 Å². The van der Waals surface area contributed by atoms with Gasteiger partial charge >= 0.3 is 0 Å². The van der Waals surface area contributed by atoms with Gasteiger partial charge in [0.15, 0.2) is 17.5 Å². The first kappa shape index (κ1) is 31.9. The molecule has 0 N–H and O–H groups in total. The number of nitrogens with zero attached hydrogens (tertiary/aromatic N) is 4. The average molecular weight is 717 g/mol. The third-order valence-corrected chi connectivity index (χ3v) is 10.7. The Morgan fingerprint density at radius 3 is 1.52 bits per heavy atom. The number of fused-ring (bicyclic) bond motifs is 6. The third-order valence-electron chi connectivity index (χ3n) is 10.7. The van der Waals surface area contributed by atoms with Gasteiger partial charge in [-0.1, -0.05) is 146 Å². The van der Waals surface area contributed by atoms with E-state index in [1.807, 2.05) is 30.3 Å². The molecule has 0 saturated heterocycles. The molecule has 0 bridgehead atoms. The van der Waals surface area contributed by atoms with Crippen LogP contribution in [0.3, 0.4) is 0 Å². The van der Waals surface area contributed by atoms with Crippen LogP contribution in [0.4, 0.5) is 0 Å². The number of benzene rings is 8. The van der Waals surface area contributed by atoms with Crippen LogP contribution in [-0.2, 0) is 0 Å². The maximum absolute atomic E-state index is 6.34. The van der Waals surface area contributed by atoms with Crippen molar-refractivity contribution in [2.75, 3.05) is 0 Å². The molecule has 11 rings (SSSR count). The Kier molecular flexibility index (Phi) is 7.42. The second kappa shape index (κ2) is 13.0. The second-order valence-electron chi connectivity index (χ2n) is 14.0. The van der Waals surface area contributed by atoms with E-state index in [2.05, 4.69) is 168 Å². The maximum atomic E-state index is 6.34. The summed E-state index contributed by atoms with van der Waals surface area (Å²) in [5.41, 5.74) is 11.9. The first-order valence-corrected chi connectivity index (χ1v) is 18.8. The summed E-state index contributed by atoms with van der Waals surface area (Å²) < 4.78 is 8.69. The molecule has 3 heterocycles. The van der Waals surface area contributed by atoms with E-state index >= 15 is 0 Å². The number of rotatable bonds is 6. The summed E-state index contributed by atoms with van der Waals surface area (Å²) in [5.74, 6) is 1.74. The fourth-order valence-corrected chi connectivity index (χ4v) is 7.99. The molecule has 5 heteroatoms. The molecule has 56 heavy (non-hydrogen) atoms. The first-order valence-electron chi connectivity index (χ1n) is 18.8. The number of furan rings is 1. The van der Waals surface area contributed by atoms with Crippen LogP contribution in [0.15, 0.2) is 199 Å². The lowest BCUT2D eigenvalue weighted by atomic mass is 10.0. The molecule has 0 aliphatic carbocycles. The Morgan fingerprint density at radius 1 is 0.321 bits per heavy atom. The highest BCUT2D eigenvalue weighted by molar-refractivity contribution is 6.10. The minimum absolute atomic E-state index is 0.567. The van der Waals surface area contributed by atoms with Gasteiger partial charge in [0.25, 0.3) is 0 Å². The molecular weight excluding hydrogens is 685 g/mol. The quantitative estimate of drug-likeness (QED) is 0.172. The minimum atomic E-state index is 0.567. The molecule has 0 aliphatic heterocycles. The van der Waals surface area contributed by atoms with Crippen LogP contribution in [-0.4, -0.2) is 19.5 Å². The predicted octanol–water partition coefficient (Wildman–Crippen LogP) is 13.2. The summed E-state index contributed by atoms with van der Waals surface area (Å²) in [4.78, 5) is 15.8. The van der Waals surface area contributed by atoms with Crippen LogP contribution in [0, 0.1) is 0 Å². The molecule has 0 saturated carbocycles. The molecule has 11 aromatic rings. The molecule has 262 valence electrons. The zero-order valence-corrected chi connectivity index (χ0v) is 30.2. The van der Waals surface area contributed by atoms with E-state index in [0.29, 0.717) is 17.5 Å². The van der Waals surface area contributed by atoms with Crippen LogP contribution in [0.5, 0.6) is 0 Å². The molecule has 0 unspecified atom stereocenters. The maximum Gasteiger partial charge on any atom is 0.166 e. The predicted molar refractivity (Wildman–Crippen MR) is 229 cm³/mol. The minimum Gasteiger partial charge on any atom is -0.456 e. The van der Waals surface area contributed by atoms with Crippen molar-refractivity contribution < 1.29 is 4.42 Å². The van der Waals surface area contributed by atoms with Crippen molar-refractivity contribution in [1.82, 2.24) is 19.5 Å². The van der Waals surface area contributed by atoms with E-state index < -0.39 is 0 Å². The molecule has 8 aromatic carbocycles. The van der Waals surface area contributed by atoms with E-state index in [1.165, 1.54) is 10.8 Å². The summed E-state index contributed by atoms with van der Waals surface area (Å²) in [5, 5.41) is 4.51. The smallest absolute Gasteiger partial charge is 0.166 e. The lowest BCUT2D eigenvalue weighted by Gasteiger charge is -2.16. The Morgan fingerprint density at radius 2 is 0.821 bits per heavy atom. The fourth-order valence-electron chi connectivity index (χ4n) is 7.99. The van der Waals surface area contributed by atoms with Gasteiger partial charge in [0.05, 0.1) is 16.7 Å². The topological polar surface area (TPSA) is 56.7 Å². The van der Waals surface area contributed by atoms with Crippen molar-refractivity contribution in [3.63, 3.8) is 0 Å². The van der Waals surface area contributed by atoms with Crippen molar-refractivity contribution in [3.8, 4) is 62.1 Å². The third kappa shape index (κ3) is 5.37. The molecule has 0 aliphatic rings. The molecule has 0 amide bonds. The second-order valence-corrected chi connectivity index (χ2v) is 14.0. The summed E-state index contributed by atoms with van der Waals surface area (Å²) >= 11 is 0. The van der Waals surface area contributed by atoms with Gasteiger partial charge in [-0.15, -0.1) is 0 Å². The lowest BCUT2D eigenvalue weighted by molar-refractivity contribution is 0.669. The molecule has 0 fully saturated rings. The average Bonchev–Trinajstić information content (AvgIpc) is 3.82. The van der Waals surface area contributed by atoms with Gasteiger partial charge in [-0.3, -0.25) is 0 Å². The Balaban J connectivity index is 1.18. The van der Waals surface area contributed by atoms with Crippen molar-refractivity contribution in [2.45, 2.75) is 0 Å². The monoisotopic (exact) mass is 716 g/mol. The molecule has 0 radical (unpaired) electrons. The SMILES string of the molecule is c1ccc(-c2cccc(-c3nc(-c4ccc5c(c4)oc4ccccc45)nc(-c4ccc(-c5ccccc5)cc4-n4c5ccccc5c5ccccc54)n3)c2)cc1. The zero-order valence-electron chi connectivity index (χ0n) is 30.2. The molecule has 5 nitrogen and oxygen atoms in total. The van der Waals surface area contributed by atoms with Gasteiger partial charge < -0.3 is 8.98 Å². The highest BCUT2D eigenvalue weighted by Gasteiger charge is 2.21. The lowest BCUT2D eigenvalue weighted by Crippen LogP contribution is -2.04. The largest absolute Gasteiger partial charge is 0.456 e. The van der Waals surface area contributed by atoms with E-state index in [9.17, 15) is 0 Å². The van der Waals surface area contributed by atoms with E-state index in [0.717, 1.165) is 77.6 Å². The van der Waals surface area contributed by atoms with Gasteiger partial charge in [0.1, 0.15) is 11.2 Å². The van der Waals surface area contributed by atoms with Crippen molar-refractivity contribution in [2.24, 2.45) is 0 Å². The zero-order chi connectivity index (χ0) is 37.0. The van der Waals surface area contributed by atoms with Crippen molar-refractivity contribution in [3.05, 3.63) is 194 Å². The van der Waals surface area contributed by atoms with Crippen molar-refractivity contribution in [1.29, 1.82) is 0 Å². The van der Waals surface area contributed by atoms with Crippen LogP contribution in [0.25, 0.3) is 106 Å². The summed E-state index contributed by atoms with van der Waals surface area (Å²) in [6, 6.07) is 67.5. The molecular formula is C51H32N4O. The molecule has 3 aromatic heterocycles. The number of para-hydroxylation sites is 3. The van der Waals surface area contributed by atoms with Gasteiger partial charge in [-0.25, -0.2) is 15.0 Å². The van der Waals surface area contributed by atoms with E-state index in [-0.39, 0.29) is 0 Å². The van der Waals surface area contributed by atoms with E-state index in [4.69, 9.17) is 19.4 Å². The molecule has 0 atom stereocenters. The van der Waals surface area contributed by atoms with Crippen LogP contribution < -0.4 is 0 Å². The van der Waals surface area contributed by atoms with Gasteiger partial charge in [-0.2, -0.15) is 0 Å². The standard InChI is InChI=1S/C51H32N4O/c1-3-14-33(15-4-1)35-18-13-19-37(30-35)49-52-50(38-27-28-42-41-22-9-12-25-47(41)56-48(42)32-38)54-51(53-49)43-29-26-36(34-16-5-2-6-17-34)31-46(43)55-44-23-10-7-20-39(44)40-21-8-11-24-45(40)55/h1-32H. The van der Waals surface area contributed by atoms with Gasteiger partial charge in [0, 0.05) is 38.2 Å². The van der Waals surface area contributed by atoms with Crippen LogP contribution >= 0.6 is 0 Å². The number of hydrogen-bond acceptors (Lipinski definition) is 4. The highest BCUT2D eigenvalue weighted by atomic mass is 16.3. The van der Waals surface area contributed by atoms with Crippen molar-refractivity contribution >= 4 is 43.7 Å². The first-order chi connectivity index (χ1) is 27.7. The number of aromatic nitrogens is 4. The van der Waals surface area contributed by atoms with Gasteiger partial charge in [-0.05, 0) is 70.8 Å². The summed E-state index contributed by atoms with van der Waals surface area (Å²) in [6.45, 7) is 0. The molecule has 0 spiro atoms. The number of hydrogen-bond donors (Lipinski definition) is 0. The normalized spacial score (nSPS) is 11.6. The van der Waals surface area contributed by atoms with Crippen LogP contribution in [0.1, 0.15) is 0 Å². The summed E-state index contributed by atoms with van der Waals surface area (Å²) in [6.07, 6.45) is 0. The van der Waals surface area contributed by atoms with Gasteiger partial charge in [0.2, 0.25) is 0 Å². The highest BCUT2D eigenvalue weighted by Crippen LogP contribution is 2.39.